The van der Waals surface area contributed by atoms with Crippen LogP contribution in [0, 0.1) is 0 Å². The Labute approximate surface area is 164 Å². The zero-order valence-corrected chi connectivity index (χ0v) is 15.1. The zero-order chi connectivity index (χ0) is 19.4. The van der Waals surface area contributed by atoms with Crippen molar-refractivity contribution in [2.24, 2.45) is 0 Å². The van der Waals surface area contributed by atoms with E-state index in [0.717, 1.165) is 54.2 Å². The molecule has 2 aliphatic rings. The average molecular weight is 372 g/mol. The van der Waals surface area contributed by atoms with Crippen molar-refractivity contribution in [2.45, 2.75) is 0 Å². The van der Waals surface area contributed by atoms with Crippen molar-refractivity contribution >= 4 is 66.5 Å². The van der Waals surface area contributed by atoms with Gasteiger partial charge in [-0.1, -0.05) is 36.4 Å². The normalized spacial score (nSPS) is 15.2. The molecule has 2 aliphatic carbocycles. The highest BCUT2D eigenvalue weighted by molar-refractivity contribution is 6.39. The first-order chi connectivity index (χ1) is 14.1. The van der Waals surface area contributed by atoms with Crippen molar-refractivity contribution in [2.75, 3.05) is 0 Å². The van der Waals surface area contributed by atoms with Crippen LogP contribution in [-0.4, -0.2) is 16.7 Å². The van der Waals surface area contributed by atoms with Crippen LogP contribution in [0.2, 0.25) is 0 Å². The molecule has 0 fully saturated rings. The van der Waals surface area contributed by atoms with Crippen LogP contribution in [0.25, 0.3) is 54.9 Å². The Balaban J connectivity index is 1.84. The standard InChI is InChI=1S/C26H12O3/c27-20-10-2-12-1-3-13-15-5-8-18-21(28)11-22(29)19-9-6-16(25(15)26(18)19)14-4-7-17(20)23(12)24(13)14/h1-11,29H. The molecule has 0 heterocycles. The highest BCUT2D eigenvalue weighted by Crippen LogP contribution is 2.46. The minimum atomic E-state index is -0.175. The molecule has 134 valence electrons. The van der Waals surface area contributed by atoms with Crippen LogP contribution in [0.5, 0.6) is 0 Å². The molecule has 0 unspecified atom stereocenters. The largest absolute Gasteiger partial charge is 0.507 e. The van der Waals surface area contributed by atoms with Gasteiger partial charge >= 0.3 is 0 Å². The van der Waals surface area contributed by atoms with Crippen molar-refractivity contribution in [3.05, 3.63) is 82.9 Å². The van der Waals surface area contributed by atoms with Gasteiger partial charge in [0.1, 0.15) is 5.76 Å². The van der Waals surface area contributed by atoms with Gasteiger partial charge in [-0.3, -0.25) is 9.59 Å². The summed E-state index contributed by atoms with van der Waals surface area (Å²) in [5, 5.41) is 18.4. The average Bonchev–Trinajstić information content (AvgIpc) is 2.74. The third-order valence-corrected chi connectivity index (χ3v) is 6.42. The number of aliphatic hydroxyl groups excluding tert-OH is 1. The minimum absolute atomic E-state index is 0.0120. The molecule has 0 aliphatic heterocycles. The van der Waals surface area contributed by atoms with Gasteiger partial charge in [0.2, 0.25) is 0 Å². The lowest BCUT2D eigenvalue weighted by molar-refractivity contribution is 0.103. The first-order valence-corrected chi connectivity index (χ1v) is 9.51. The van der Waals surface area contributed by atoms with Gasteiger partial charge in [0, 0.05) is 33.5 Å². The second kappa shape index (κ2) is 4.70. The monoisotopic (exact) mass is 372 g/mol. The summed E-state index contributed by atoms with van der Waals surface area (Å²) in [4.78, 5) is 25.0. The predicted octanol–water partition coefficient (Wildman–Crippen LogP) is 6.04. The van der Waals surface area contributed by atoms with Crippen molar-refractivity contribution < 1.29 is 14.7 Å². The first-order valence-electron chi connectivity index (χ1n) is 9.51. The quantitative estimate of drug-likeness (QED) is 0.266. The van der Waals surface area contributed by atoms with Crippen LogP contribution in [-0.2, 0) is 0 Å². The molecule has 7 rings (SSSR count). The lowest BCUT2D eigenvalue weighted by atomic mass is 9.81. The molecule has 0 amide bonds. The van der Waals surface area contributed by atoms with Crippen molar-refractivity contribution in [1.82, 2.24) is 0 Å². The van der Waals surface area contributed by atoms with Gasteiger partial charge in [-0.2, -0.15) is 0 Å². The first kappa shape index (κ1) is 15.0. The number of fused-ring (bicyclic) bond motifs is 2. The lowest BCUT2D eigenvalue weighted by Gasteiger charge is -2.22. The molecule has 0 bridgehead atoms. The molecule has 29 heavy (non-hydrogen) atoms. The van der Waals surface area contributed by atoms with E-state index in [-0.39, 0.29) is 17.3 Å². The van der Waals surface area contributed by atoms with Gasteiger partial charge in [-0.05, 0) is 62.2 Å². The molecule has 0 aromatic heterocycles. The van der Waals surface area contributed by atoms with E-state index in [9.17, 15) is 14.7 Å². The Bertz CT molecular complexity index is 1660. The highest BCUT2D eigenvalue weighted by atomic mass is 16.3. The van der Waals surface area contributed by atoms with Crippen LogP contribution in [0.4, 0.5) is 0 Å². The minimum Gasteiger partial charge on any atom is -0.507 e. The van der Waals surface area contributed by atoms with Gasteiger partial charge in [-0.15, -0.1) is 0 Å². The van der Waals surface area contributed by atoms with E-state index >= 15 is 0 Å². The summed E-state index contributed by atoms with van der Waals surface area (Å²) in [6.45, 7) is 0. The van der Waals surface area contributed by atoms with E-state index in [2.05, 4.69) is 12.1 Å². The molecule has 0 radical (unpaired) electrons. The fraction of sp³-hybridized carbons (Fsp3) is 0. The lowest BCUT2D eigenvalue weighted by Crippen LogP contribution is -2.06. The summed E-state index contributed by atoms with van der Waals surface area (Å²) >= 11 is 0. The SMILES string of the molecule is O=C1C=Cc2ccc3c4ccc5c6c(ccc(c7ccc1c2c37)c64)C(O)=CC5=O. The number of carbonyl (C=O) groups excluding carboxylic acids is 2. The van der Waals surface area contributed by atoms with E-state index in [1.165, 1.54) is 6.08 Å². The van der Waals surface area contributed by atoms with Gasteiger partial charge in [0.05, 0.1) is 0 Å². The number of hydrogen-bond acceptors (Lipinski definition) is 3. The molecule has 0 saturated carbocycles. The van der Waals surface area contributed by atoms with Gasteiger partial charge in [-0.25, -0.2) is 0 Å². The Morgan fingerprint density at radius 2 is 1.07 bits per heavy atom. The van der Waals surface area contributed by atoms with E-state index in [1.54, 1.807) is 6.08 Å². The number of allylic oxidation sites excluding steroid dienone is 2. The fourth-order valence-corrected chi connectivity index (χ4v) is 5.21. The Hall–Kier alpha value is -3.98. The summed E-state index contributed by atoms with van der Waals surface area (Å²) in [7, 11) is 0. The van der Waals surface area contributed by atoms with E-state index in [0.29, 0.717) is 11.1 Å². The summed E-state index contributed by atoms with van der Waals surface area (Å²) in [5.74, 6) is -0.138. The molecular formula is C26H12O3. The summed E-state index contributed by atoms with van der Waals surface area (Å²) < 4.78 is 0. The maximum Gasteiger partial charge on any atom is 0.190 e. The molecule has 0 saturated heterocycles. The van der Waals surface area contributed by atoms with Gasteiger partial charge in [0.15, 0.2) is 11.6 Å². The molecule has 3 heteroatoms. The molecule has 5 aromatic rings. The number of benzene rings is 5. The molecule has 3 nitrogen and oxygen atoms in total. The number of ketones is 2. The maximum atomic E-state index is 12.5. The molecule has 0 spiro atoms. The summed E-state index contributed by atoms with van der Waals surface area (Å²) in [6, 6.07) is 15.8. The maximum absolute atomic E-state index is 12.5. The number of rotatable bonds is 0. The molecule has 1 N–H and O–H groups in total. The number of hydrogen-bond donors (Lipinski definition) is 1. The smallest absolute Gasteiger partial charge is 0.190 e. The van der Waals surface area contributed by atoms with E-state index < -0.39 is 0 Å². The zero-order valence-electron chi connectivity index (χ0n) is 15.1. The van der Waals surface area contributed by atoms with Crippen LogP contribution >= 0.6 is 0 Å². The number of carbonyl (C=O) groups is 2. The Morgan fingerprint density at radius 1 is 0.517 bits per heavy atom. The second-order valence-electron chi connectivity index (χ2n) is 7.78. The Kier molecular flexibility index (Phi) is 2.43. The van der Waals surface area contributed by atoms with Crippen LogP contribution < -0.4 is 0 Å². The van der Waals surface area contributed by atoms with Crippen molar-refractivity contribution in [1.29, 1.82) is 0 Å². The summed E-state index contributed by atoms with van der Waals surface area (Å²) in [6.07, 6.45) is 4.80. The topological polar surface area (TPSA) is 54.4 Å². The van der Waals surface area contributed by atoms with Gasteiger partial charge in [0.25, 0.3) is 0 Å². The van der Waals surface area contributed by atoms with E-state index in [4.69, 9.17) is 0 Å². The fourth-order valence-electron chi connectivity index (χ4n) is 5.21. The van der Waals surface area contributed by atoms with Crippen molar-refractivity contribution in [3.63, 3.8) is 0 Å². The van der Waals surface area contributed by atoms with Crippen LogP contribution in [0.3, 0.4) is 0 Å². The molecule has 5 aromatic carbocycles. The molecule has 0 atom stereocenters. The van der Waals surface area contributed by atoms with E-state index in [1.807, 2.05) is 42.5 Å². The second-order valence-corrected chi connectivity index (χ2v) is 7.78. The van der Waals surface area contributed by atoms with Crippen molar-refractivity contribution in [3.8, 4) is 0 Å². The van der Waals surface area contributed by atoms with Crippen LogP contribution in [0.1, 0.15) is 31.8 Å². The third kappa shape index (κ3) is 1.61. The van der Waals surface area contributed by atoms with Crippen LogP contribution in [0.15, 0.2) is 60.7 Å². The molecular weight excluding hydrogens is 360 g/mol. The predicted molar refractivity (Wildman–Crippen MR) is 116 cm³/mol. The van der Waals surface area contributed by atoms with Gasteiger partial charge < -0.3 is 5.11 Å². The summed E-state index contributed by atoms with van der Waals surface area (Å²) in [5.41, 5.74) is 3.08. The third-order valence-electron chi connectivity index (χ3n) is 6.42. The highest BCUT2D eigenvalue weighted by Gasteiger charge is 2.25. The number of aliphatic hydroxyl groups is 1. The Morgan fingerprint density at radius 3 is 1.76 bits per heavy atom.